The molecule has 2 aromatic rings. The molecule has 0 aliphatic carbocycles. The summed E-state index contributed by atoms with van der Waals surface area (Å²) in [5.74, 6) is -0.283. The summed E-state index contributed by atoms with van der Waals surface area (Å²) in [5.41, 5.74) is 8.44. The molecule has 2 rings (SSSR count). The molecule has 0 amide bonds. The van der Waals surface area contributed by atoms with Crippen LogP contribution < -0.4 is 15.2 Å². The molecule has 0 radical (unpaired) electrons. The van der Waals surface area contributed by atoms with Gasteiger partial charge in [-0.1, -0.05) is 154 Å². The summed E-state index contributed by atoms with van der Waals surface area (Å²) in [6.45, 7) is 4.52. The number of aryl methyl sites for hydroxylation is 2. The molecular formula is C40H63NO4. The van der Waals surface area contributed by atoms with Gasteiger partial charge in [-0.15, -0.1) is 0 Å². The van der Waals surface area contributed by atoms with Crippen LogP contribution in [-0.2, 0) is 22.4 Å². The standard InChI is InChI=1S/C40H63NO4/c1-3-5-7-9-11-13-15-17-19-21-23-34-25-29-36(30-26-34)44-39(42)33-38(41)40(43)45-37-31-27-35(28-32-37)24-22-20-18-16-14-12-10-8-6-4-2/h25-32,38H,3-24,33,41H2,1-2H3. The second-order valence-electron chi connectivity index (χ2n) is 12.9. The molecule has 0 spiro atoms. The van der Waals surface area contributed by atoms with Crippen molar-refractivity contribution < 1.29 is 19.1 Å². The second-order valence-corrected chi connectivity index (χ2v) is 12.9. The van der Waals surface area contributed by atoms with Crippen LogP contribution in [0.15, 0.2) is 48.5 Å². The van der Waals surface area contributed by atoms with Crippen LogP contribution in [0.25, 0.3) is 0 Å². The van der Waals surface area contributed by atoms with E-state index in [4.69, 9.17) is 15.2 Å². The molecule has 0 aliphatic rings. The third-order valence-electron chi connectivity index (χ3n) is 8.62. The van der Waals surface area contributed by atoms with Gasteiger partial charge in [0.05, 0.1) is 6.42 Å². The number of unbranched alkanes of at least 4 members (excludes halogenated alkanes) is 18. The Morgan fingerprint density at radius 1 is 0.511 bits per heavy atom. The first kappa shape index (κ1) is 38.5. The van der Waals surface area contributed by atoms with Gasteiger partial charge in [-0.3, -0.25) is 4.79 Å². The summed E-state index contributed by atoms with van der Waals surface area (Å²) in [6, 6.07) is 14.1. The minimum atomic E-state index is -1.08. The highest BCUT2D eigenvalue weighted by molar-refractivity contribution is 5.84. The quantitative estimate of drug-likeness (QED) is 0.0610. The largest absolute Gasteiger partial charge is 0.426 e. The summed E-state index contributed by atoms with van der Waals surface area (Å²) >= 11 is 0. The molecule has 5 nitrogen and oxygen atoms in total. The maximum Gasteiger partial charge on any atom is 0.328 e. The first-order valence-corrected chi connectivity index (χ1v) is 18.4. The first-order chi connectivity index (χ1) is 22.0. The number of hydrogen-bond acceptors (Lipinski definition) is 5. The van der Waals surface area contributed by atoms with Crippen LogP contribution in [0.2, 0.25) is 0 Å². The number of esters is 2. The fourth-order valence-corrected chi connectivity index (χ4v) is 5.71. The summed E-state index contributed by atoms with van der Waals surface area (Å²) in [7, 11) is 0. The van der Waals surface area contributed by atoms with Crippen molar-refractivity contribution in [3.8, 4) is 11.5 Å². The van der Waals surface area contributed by atoms with Gasteiger partial charge in [0, 0.05) is 0 Å². The number of nitrogens with two attached hydrogens (primary N) is 1. The molecule has 0 heterocycles. The second kappa shape index (κ2) is 25.5. The van der Waals surface area contributed by atoms with Crippen LogP contribution in [-0.4, -0.2) is 18.0 Å². The van der Waals surface area contributed by atoms with Crippen LogP contribution >= 0.6 is 0 Å². The number of ether oxygens (including phenoxy) is 2. The van der Waals surface area contributed by atoms with E-state index >= 15 is 0 Å². The molecule has 0 fully saturated rings. The van der Waals surface area contributed by atoms with Crippen LogP contribution in [0.3, 0.4) is 0 Å². The Morgan fingerprint density at radius 2 is 0.844 bits per heavy atom. The highest BCUT2D eigenvalue weighted by atomic mass is 16.5. The van der Waals surface area contributed by atoms with Gasteiger partial charge in [0.25, 0.3) is 0 Å². The van der Waals surface area contributed by atoms with E-state index in [2.05, 4.69) is 13.8 Å². The van der Waals surface area contributed by atoms with Crippen molar-refractivity contribution in [2.45, 2.75) is 168 Å². The van der Waals surface area contributed by atoms with Gasteiger partial charge >= 0.3 is 11.9 Å². The number of rotatable bonds is 27. The lowest BCUT2D eigenvalue weighted by Crippen LogP contribution is -2.37. The Kier molecular flexibility index (Phi) is 21.8. The molecule has 252 valence electrons. The van der Waals surface area contributed by atoms with Crippen LogP contribution in [0, 0.1) is 0 Å². The summed E-state index contributed by atoms with van der Waals surface area (Å²) < 4.78 is 10.8. The van der Waals surface area contributed by atoms with Gasteiger partial charge in [-0.05, 0) is 61.1 Å². The van der Waals surface area contributed by atoms with Crippen molar-refractivity contribution in [3.05, 3.63) is 59.7 Å². The molecule has 5 heteroatoms. The van der Waals surface area contributed by atoms with Gasteiger partial charge in [-0.25, -0.2) is 4.79 Å². The van der Waals surface area contributed by atoms with Crippen LogP contribution in [0.1, 0.15) is 160 Å². The molecule has 0 saturated carbocycles. The van der Waals surface area contributed by atoms with E-state index < -0.39 is 18.0 Å². The van der Waals surface area contributed by atoms with Crippen LogP contribution in [0.5, 0.6) is 11.5 Å². The smallest absolute Gasteiger partial charge is 0.328 e. The third kappa shape index (κ3) is 19.5. The molecule has 1 unspecified atom stereocenters. The maximum atomic E-state index is 12.5. The van der Waals surface area contributed by atoms with Gasteiger partial charge in [0.1, 0.15) is 17.5 Å². The highest BCUT2D eigenvalue weighted by Gasteiger charge is 2.21. The molecule has 1 atom stereocenters. The summed E-state index contributed by atoms with van der Waals surface area (Å²) in [6.07, 6.45) is 28.3. The fourth-order valence-electron chi connectivity index (χ4n) is 5.71. The van der Waals surface area contributed by atoms with Gasteiger partial charge in [0.2, 0.25) is 0 Å². The lowest BCUT2D eigenvalue weighted by Gasteiger charge is -2.12. The van der Waals surface area contributed by atoms with E-state index in [0.717, 1.165) is 12.8 Å². The topological polar surface area (TPSA) is 78.6 Å². The molecule has 2 aromatic carbocycles. The SMILES string of the molecule is CCCCCCCCCCCCc1ccc(OC(=O)CC(N)C(=O)Oc2ccc(CCCCCCCCCCCC)cc2)cc1. The number of carbonyl (C=O) groups excluding carboxylic acids is 2. The van der Waals surface area contributed by atoms with Crippen LogP contribution in [0.4, 0.5) is 0 Å². The van der Waals surface area contributed by atoms with E-state index in [-0.39, 0.29) is 6.42 Å². The minimum Gasteiger partial charge on any atom is -0.426 e. The van der Waals surface area contributed by atoms with Crippen molar-refractivity contribution in [2.75, 3.05) is 0 Å². The highest BCUT2D eigenvalue weighted by Crippen LogP contribution is 2.19. The van der Waals surface area contributed by atoms with Crippen molar-refractivity contribution in [2.24, 2.45) is 5.73 Å². The Labute approximate surface area is 275 Å². The Bertz CT molecular complexity index is 1020. The monoisotopic (exact) mass is 621 g/mol. The molecule has 45 heavy (non-hydrogen) atoms. The zero-order valence-corrected chi connectivity index (χ0v) is 28.7. The maximum absolute atomic E-state index is 12.5. The molecule has 2 N–H and O–H groups in total. The molecule has 0 aliphatic heterocycles. The van der Waals surface area contributed by atoms with Crippen molar-refractivity contribution in [3.63, 3.8) is 0 Å². The Hall–Kier alpha value is -2.66. The van der Waals surface area contributed by atoms with Crippen molar-refractivity contribution in [1.29, 1.82) is 0 Å². The van der Waals surface area contributed by atoms with Gasteiger partial charge in [0.15, 0.2) is 0 Å². The normalized spacial score (nSPS) is 11.8. The van der Waals surface area contributed by atoms with Crippen molar-refractivity contribution >= 4 is 11.9 Å². The van der Waals surface area contributed by atoms with Crippen molar-refractivity contribution in [1.82, 2.24) is 0 Å². The minimum absolute atomic E-state index is 0.240. The lowest BCUT2D eigenvalue weighted by atomic mass is 10.0. The zero-order chi connectivity index (χ0) is 32.4. The molecule has 0 bridgehead atoms. The van der Waals surface area contributed by atoms with E-state index in [1.165, 1.54) is 140 Å². The number of hydrogen-bond donors (Lipinski definition) is 1. The zero-order valence-electron chi connectivity index (χ0n) is 28.7. The lowest BCUT2D eigenvalue weighted by molar-refractivity contribution is -0.142. The van der Waals surface area contributed by atoms with Gasteiger partial charge in [-0.2, -0.15) is 0 Å². The van der Waals surface area contributed by atoms with E-state index in [9.17, 15) is 9.59 Å². The Balaban J connectivity index is 1.56. The van der Waals surface area contributed by atoms with Gasteiger partial charge < -0.3 is 15.2 Å². The number of benzene rings is 2. The molecule has 0 saturated heterocycles. The van der Waals surface area contributed by atoms with E-state index in [1.54, 1.807) is 12.1 Å². The summed E-state index contributed by atoms with van der Waals surface area (Å²) in [4.78, 5) is 24.9. The number of carbonyl (C=O) groups is 2. The first-order valence-electron chi connectivity index (χ1n) is 18.4. The Morgan fingerprint density at radius 3 is 1.22 bits per heavy atom. The molecular weight excluding hydrogens is 558 g/mol. The van der Waals surface area contributed by atoms with E-state index in [0.29, 0.717) is 11.5 Å². The predicted molar refractivity (Wildman–Crippen MR) is 188 cm³/mol. The molecule has 0 aromatic heterocycles. The fraction of sp³-hybridized carbons (Fsp3) is 0.650. The van der Waals surface area contributed by atoms with E-state index in [1.807, 2.05) is 36.4 Å². The third-order valence-corrected chi connectivity index (χ3v) is 8.62. The predicted octanol–water partition coefficient (Wildman–Crippen LogP) is 10.8. The summed E-state index contributed by atoms with van der Waals surface area (Å²) in [5, 5.41) is 0. The average molecular weight is 622 g/mol. The average Bonchev–Trinajstić information content (AvgIpc) is 3.04.